The fourth-order valence-corrected chi connectivity index (χ4v) is 2.45. The predicted octanol–water partition coefficient (Wildman–Crippen LogP) is 2.06. The normalized spacial score (nSPS) is 14.7. The van der Waals surface area contributed by atoms with E-state index in [4.69, 9.17) is 9.47 Å². The minimum Gasteiger partial charge on any atom is -0.437 e. The highest BCUT2D eigenvalue weighted by molar-refractivity contribution is 5.84. The van der Waals surface area contributed by atoms with Crippen molar-refractivity contribution in [3.05, 3.63) is 30.7 Å². The summed E-state index contributed by atoms with van der Waals surface area (Å²) in [6, 6.07) is 3.82. The Hall–Kier alpha value is -2.54. The number of H-pyrrole nitrogens is 1. The van der Waals surface area contributed by atoms with E-state index in [1.54, 1.807) is 12.4 Å². The number of aromatic amines is 1. The fourth-order valence-electron chi connectivity index (χ4n) is 2.45. The number of nitrogens with zero attached hydrogens (tertiary/aromatic N) is 2. The summed E-state index contributed by atoms with van der Waals surface area (Å²) >= 11 is 0. The zero-order valence-corrected chi connectivity index (χ0v) is 12.2. The summed E-state index contributed by atoms with van der Waals surface area (Å²) in [4.78, 5) is 20.6. The van der Waals surface area contributed by atoms with Crippen LogP contribution in [0.2, 0.25) is 0 Å². The maximum atomic E-state index is 11.4. The van der Waals surface area contributed by atoms with Crippen LogP contribution in [-0.4, -0.2) is 49.5 Å². The molecule has 1 saturated heterocycles. The Morgan fingerprint density at radius 2 is 2.05 bits per heavy atom. The topological polar surface area (TPSA) is 76.7 Å². The van der Waals surface area contributed by atoms with Gasteiger partial charge < -0.3 is 24.1 Å². The molecule has 22 heavy (non-hydrogen) atoms. The summed E-state index contributed by atoms with van der Waals surface area (Å²) in [6.45, 7) is 2.73. The predicted molar refractivity (Wildman–Crippen MR) is 80.1 cm³/mol. The first-order valence-electron chi connectivity index (χ1n) is 7.00. The second-order valence-electron chi connectivity index (χ2n) is 4.77. The molecule has 3 heterocycles. The molecule has 1 N–H and O–H groups in total. The Balaban J connectivity index is 2.00. The van der Waals surface area contributed by atoms with Crippen LogP contribution in [0, 0.1) is 0 Å². The second kappa shape index (κ2) is 6.48. The third kappa shape index (κ3) is 2.89. The summed E-state index contributed by atoms with van der Waals surface area (Å²) in [6.07, 6.45) is 4.52. The zero-order chi connectivity index (χ0) is 15.4. The van der Waals surface area contributed by atoms with Gasteiger partial charge in [0.2, 0.25) is 5.88 Å². The van der Waals surface area contributed by atoms with Crippen molar-refractivity contribution in [2.75, 3.05) is 38.3 Å². The first kappa shape index (κ1) is 14.4. The van der Waals surface area contributed by atoms with Crippen LogP contribution in [0.15, 0.2) is 30.7 Å². The van der Waals surface area contributed by atoms with E-state index in [1.807, 2.05) is 18.3 Å². The van der Waals surface area contributed by atoms with Crippen LogP contribution < -0.4 is 9.64 Å². The molecule has 0 spiro atoms. The minimum atomic E-state index is -0.752. The van der Waals surface area contributed by atoms with Crippen LogP contribution in [-0.2, 0) is 9.47 Å². The lowest BCUT2D eigenvalue weighted by Gasteiger charge is -2.29. The Morgan fingerprint density at radius 3 is 2.73 bits per heavy atom. The molecule has 1 fully saturated rings. The number of methoxy groups -OCH3 is 1. The monoisotopic (exact) mass is 303 g/mol. The minimum absolute atomic E-state index is 0.376. The highest BCUT2D eigenvalue weighted by Crippen LogP contribution is 2.39. The molecule has 2 aromatic heterocycles. The first-order valence-corrected chi connectivity index (χ1v) is 7.00. The van der Waals surface area contributed by atoms with Crippen LogP contribution in [0.4, 0.5) is 10.5 Å². The number of nitrogens with one attached hydrogen (secondary N) is 1. The highest BCUT2D eigenvalue weighted by Gasteiger charge is 2.24. The molecule has 0 saturated carbocycles. The van der Waals surface area contributed by atoms with Gasteiger partial charge >= 0.3 is 6.16 Å². The number of pyridine rings is 1. The van der Waals surface area contributed by atoms with Gasteiger partial charge in [-0.15, -0.1) is 0 Å². The van der Waals surface area contributed by atoms with Crippen molar-refractivity contribution < 1.29 is 19.0 Å². The molecular formula is C15H17N3O4. The van der Waals surface area contributed by atoms with Gasteiger partial charge in [-0.05, 0) is 17.7 Å². The average Bonchev–Trinajstić information content (AvgIpc) is 3.00. The van der Waals surface area contributed by atoms with E-state index in [2.05, 4.69) is 19.6 Å². The van der Waals surface area contributed by atoms with E-state index >= 15 is 0 Å². The number of anilines is 1. The summed E-state index contributed by atoms with van der Waals surface area (Å²) in [5.41, 5.74) is 2.77. The lowest BCUT2D eigenvalue weighted by Crippen LogP contribution is -2.36. The molecule has 0 atom stereocenters. The van der Waals surface area contributed by atoms with E-state index in [0.29, 0.717) is 19.1 Å². The van der Waals surface area contributed by atoms with Gasteiger partial charge in [0.15, 0.2) is 0 Å². The number of carbonyl (C=O) groups is 1. The lowest BCUT2D eigenvalue weighted by atomic mass is 10.1. The van der Waals surface area contributed by atoms with Crippen LogP contribution in [0.3, 0.4) is 0 Å². The first-order chi connectivity index (χ1) is 10.8. The molecule has 3 rings (SSSR count). The van der Waals surface area contributed by atoms with Crippen molar-refractivity contribution in [1.82, 2.24) is 9.97 Å². The lowest BCUT2D eigenvalue weighted by molar-refractivity contribution is 0.117. The molecule has 1 aliphatic rings. The molecule has 7 heteroatoms. The van der Waals surface area contributed by atoms with Gasteiger partial charge in [0.25, 0.3) is 0 Å². The number of ether oxygens (including phenoxy) is 3. The Kier molecular flexibility index (Phi) is 4.24. The van der Waals surface area contributed by atoms with E-state index in [-0.39, 0.29) is 0 Å². The van der Waals surface area contributed by atoms with Gasteiger partial charge in [-0.2, -0.15) is 0 Å². The third-order valence-corrected chi connectivity index (χ3v) is 3.49. The molecule has 1 aliphatic heterocycles. The number of aromatic nitrogens is 2. The Labute approximate surface area is 127 Å². The molecule has 0 bridgehead atoms. The zero-order valence-electron chi connectivity index (χ0n) is 12.2. The molecule has 7 nitrogen and oxygen atoms in total. The van der Waals surface area contributed by atoms with Crippen molar-refractivity contribution in [2.24, 2.45) is 0 Å². The van der Waals surface area contributed by atoms with E-state index in [9.17, 15) is 4.79 Å². The molecule has 2 aromatic rings. The molecule has 0 aromatic carbocycles. The van der Waals surface area contributed by atoms with Crippen LogP contribution >= 0.6 is 0 Å². The summed E-state index contributed by atoms with van der Waals surface area (Å²) in [7, 11) is 1.28. The van der Waals surface area contributed by atoms with Crippen molar-refractivity contribution >= 4 is 11.8 Å². The standard InChI is InChI=1S/C15H17N3O4/c1-20-15(19)22-14-13(18-6-8-21-9-7-18)12(10-17-14)11-2-4-16-5-3-11/h2-5,10,17H,6-9H2,1H3. The maximum Gasteiger partial charge on any atom is 0.514 e. The number of carbonyl (C=O) groups excluding carboxylic acids is 1. The van der Waals surface area contributed by atoms with Gasteiger partial charge in [0.1, 0.15) is 5.69 Å². The molecule has 116 valence electrons. The van der Waals surface area contributed by atoms with Gasteiger partial charge in [0.05, 0.1) is 20.3 Å². The number of morpholine rings is 1. The fraction of sp³-hybridized carbons (Fsp3) is 0.333. The van der Waals surface area contributed by atoms with Crippen LogP contribution in [0.1, 0.15) is 0 Å². The number of hydrogen-bond donors (Lipinski definition) is 1. The SMILES string of the molecule is COC(=O)Oc1[nH]cc(-c2ccncc2)c1N1CCOCC1. The van der Waals surface area contributed by atoms with Gasteiger partial charge in [-0.3, -0.25) is 4.98 Å². The summed E-state index contributed by atoms with van der Waals surface area (Å²) < 4.78 is 15.2. The van der Waals surface area contributed by atoms with Gasteiger partial charge in [0, 0.05) is 37.2 Å². The van der Waals surface area contributed by atoms with Crippen molar-refractivity contribution in [3.8, 4) is 17.0 Å². The quantitative estimate of drug-likeness (QED) is 0.875. The number of hydrogen-bond acceptors (Lipinski definition) is 6. The number of rotatable bonds is 3. The maximum absolute atomic E-state index is 11.4. The van der Waals surface area contributed by atoms with Gasteiger partial charge in [-0.25, -0.2) is 4.79 Å². The van der Waals surface area contributed by atoms with Crippen molar-refractivity contribution in [1.29, 1.82) is 0 Å². The Morgan fingerprint density at radius 1 is 1.32 bits per heavy atom. The summed E-state index contributed by atoms with van der Waals surface area (Å²) in [5, 5.41) is 0. The molecule has 0 unspecified atom stereocenters. The van der Waals surface area contributed by atoms with E-state index in [0.717, 1.165) is 29.9 Å². The molecule has 0 aliphatic carbocycles. The highest BCUT2D eigenvalue weighted by atomic mass is 16.7. The van der Waals surface area contributed by atoms with E-state index in [1.165, 1.54) is 7.11 Å². The van der Waals surface area contributed by atoms with Crippen molar-refractivity contribution in [2.45, 2.75) is 0 Å². The molecule has 0 amide bonds. The van der Waals surface area contributed by atoms with E-state index < -0.39 is 6.16 Å². The van der Waals surface area contributed by atoms with Crippen LogP contribution in [0.5, 0.6) is 5.88 Å². The van der Waals surface area contributed by atoms with Gasteiger partial charge in [-0.1, -0.05) is 0 Å². The largest absolute Gasteiger partial charge is 0.514 e. The second-order valence-corrected chi connectivity index (χ2v) is 4.77. The smallest absolute Gasteiger partial charge is 0.437 e. The summed E-state index contributed by atoms with van der Waals surface area (Å²) in [5.74, 6) is 0.376. The average molecular weight is 303 g/mol. The molecular weight excluding hydrogens is 286 g/mol. The van der Waals surface area contributed by atoms with Crippen molar-refractivity contribution in [3.63, 3.8) is 0 Å². The molecule has 0 radical (unpaired) electrons. The third-order valence-electron chi connectivity index (χ3n) is 3.49. The Bertz CT molecular complexity index is 635. The van der Waals surface area contributed by atoms with Crippen LogP contribution in [0.25, 0.3) is 11.1 Å².